The molecule has 0 amide bonds. The zero-order valence-electron chi connectivity index (χ0n) is 11.8. The predicted octanol–water partition coefficient (Wildman–Crippen LogP) is 3.46. The van der Waals surface area contributed by atoms with E-state index in [1.165, 1.54) is 30.4 Å². The Hall–Kier alpha value is -0.860. The molecule has 0 heterocycles. The van der Waals surface area contributed by atoms with E-state index < -0.39 is 0 Å². The molecule has 0 spiro atoms. The van der Waals surface area contributed by atoms with Crippen molar-refractivity contribution in [3.8, 4) is 0 Å². The lowest BCUT2D eigenvalue weighted by Gasteiger charge is -2.20. The number of rotatable bonds is 7. The molecule has 1 N–H and O–H groups in total. The van der Waals surface area contributed by atoms with Gasteiger partial charge in [0.1, 0.15) is 0 Å². The van der Waals surface area contributed by atoms with Crippen LogP contribution < -0.4 is 5.32 Å². The molecule has 1 aromatic carbocycles. The van der Waals surface area contributed by atoms with Crippen molar-refractivity contribution < 1.29 is 4.74 Å². The first kappa shape index (κ1) is 13.6. The molecule has 0 aromatic heterocycles. The van der Waals surface area contributed by atoms with E-state index in [0.29, 0.717) is 11.5 Å². The lowest BCUT2D eigenvalue weighted by atomic mass is 10.0. The summed E-state index contributed by atoms with van der Waals surface area (Å²) in [4.78, 5) is 0. The third-order valence-electron chi connectivity index (χ3n) is 4.12. The average molecular weight is 247 g/mol. The van der Waals surface area contributed by atoms with Crippen LogP contribution in [0.3, 0.4) is 0 Å². The topological polar surface area (TPSA) is 21.3 Å². The summed E-state index contributed by atoms with van der Waals surface area (Å²) in [6.07, 6.45) is 3.89. The third kappa shape index (κ3) is 3.56. The molecular weight excluding hydrogens is 222 g/mol. The van der Waals surface area contributed by atoms with E-state index in [4.69, 9.17) is 4.74 Å². The van der Waals surface area contributed by atoms with Crippen LogP contribution in [-0.2, 0) is 4.74 Å². The molecule has 1 aliphatic rings. The molecule has 0 radical (unpaired) electrons. The molecule has 2 nitrogen and oxygen atoms in total. The normalized spacial score (nSPS) is 18.6. The van der Waals surface area contributed by atoms with Crippen LogP contribution in [0.1, 0.15) is 43.4 Å². The van der Waals surface area contributed by atoms with Gasteiger partial charge in [-0.1, -0.05) is 29.8 Å². The first-order chi connectivity index (χ1) is 8.65. The van der Waals surface area contributed by atoms with Gasteiger partial charge in [-0.05, 0) is 44.1 Å². The largest absolute Gasteiger partial charge is 0.385 e. The van der Waals surface area contributed by atoms with Crippen molar-refractivity contribution in [3.05, 3.63) is 35.4 Å². The number of aryl methyl sites for hydroxylation is 1. The average Bonchev–Trinajstić information content (AvgIpc) is 3.14. The fourth-order valence-corrected chi connectivity index (χ4v) is 2.44. The highest BCUT2D eigenvalue weighted by Gasteiger charge is 2.41. The van der Waals surface area contributed by atoms with Gasteiger partial charge in [-0.2, -0.15) is 0 Å². The van der Waals surface area contributed by atoms with Gasteiger partial charge in [0.2, 0.25) is 0 Å². The molecule has 1 saturated carbocycles. The van der Waals surface area contributed by atoms with Crippen LogP contribution in [0.5, 0.6) is 0 Å². The molecule has 100 valence electrons. The van der Waals surface area contributed by atoms with Crippen molar-refractivity contribution in [1.29, 1.82) is 0 Å². The predicted molar refractivity (Wildman–Crippen MR) is 75.8 cm³/mol. The molecular formula is C16H25NO. The Labute approximate surface area is 111 Å². The van der Waals surface area contributed by atoms with Crippen LogP contribution in [0.25, 0.3) is 0 Å². The summed E-state index contributed by atoms with van der Waals surface area (Å²) < 4.78 is 5.20. The molecule has 18 heavy (non-hydrogen) atoms. The fraction of sp³-hybridized carbons (Fsp3) is 0.625. The van der Waals surface area contributed by atoms with Gasteiger partial charge in [-0.25, -0.2) is 0 Å². The van der Waals surface area contributed by atoms with Gasteiger partial charge in [0, 0.05) is 26.3 Å². The number of benzene rings is 1. The van der Waals surface area contributed by atoms with Gasteiger partial charge in [0.15, 0.2) is 0 Å². The first-order valence-corrected chi connectivity index (χ1v) is 6.94. The summed E-state index contributed by atoms with van der Waals surface area (Å²) in [5.74, 6) is 0. The molecule has 1 atom stereocenters. The molecule has 0 saturated heterocycles. The van der Waals surface area contributed by atoms with Crippen molar-refractivity contribution in [2.45, 2.75) is 39.2 Å². The zero-order valence-corrected chi connectivity index (χ0v) is 11.8. The van der Waals surface area contributed by atoms with Gasteiger partial charge < -0.3 is 10.1 Å². The Kier molecular flexibility index (Phi) is 4.41. The Bertz CT molecular complexity index is 384. The van der Waals surface area contributed by atoms with Crippen LogP contribution in [0.4, 0.5) is 0 Å². The summed E-state index contributed by atoms with van der Waals surface area (Å²) in [5, 5.41) is 3.68. The maximum absolute atomic E-state index is 5.20. The Morgan fingerprint density at radius 3 is 2.78 bits per heavy atom. The van der Waals surface area contributed by atoms with E-state index >= 15 is 0 Å². The van der Waals surface area contributed by atoms with Crippen molar-refractivity contribution in [3.63, 3.8) is 0 Å². The summed E-state index contributed by atoms with van der Waals surface area (Å²) in [7, 11) is 1.79. The molecule has 1 aliphatic carbocycles. The number of hydrogen-bond donors (Lipinski definition) is 1. The van der Waals surface area contributed by atoms with E-state index in [9.17, 15) is 0 Å². The van der Waals surface area contributed by atoms with Gasteiger partial charge >= 0.3 is 0 Å². The van der Waals surface area contributed by atoms with Crippen LogP contribution in [0, 0.1) is 12.3 Å². The number of nitrogens with one attached hydrogen (secondary N) is 1. The molecule has 1 unspecified atom stereocenters. The highest BCUT2D eigenvalue weighted by atomic mass is 16.5. The number of hydrogen-bond acceptors (Lipinski definition) is 2. The quantitative estimate of drug-likeness (QED) is 0.796. The molecule has 2 heteroatoms. The smallest absolute Gasteiger partial charge is 0.0468 e. The molecule has 1 aromatic rings. The molecule has 1 fully saturated rings. The summed E-state index contributed by atoms with van der Waals surface area (Å²) in [6, 6.07) is 9.20. The van der Waals surface area contributed by atoms with E-state index in [2.05, 4.69) is 43.4 Å². The van der Waals surface area contributed by atoms with Gasteiger partial charge in [0.05, 0.1) is 0 Å². The number of ether oxygens (including phenoxy) is 1. The van der Waals surface area contributed by atoms with E-state index in [1.54, 1.807) is 7.11 Å². The van der Waals surface area contributed by atoms with Gasteiger partial charge in [-0.15, -0.1) is 0 Å². The van der Waals surface area contributed by atoms with Crippen LogP contribution in [0.15, 0.2) is 24.3 Å². The van der Waals surface area contributed by atoms with Crippen LogP contribution in [0.2, 0.25) is 0 Å². The van der Waals surface area contributed by atoms with Crippen molar-refractivity contribution in [1.82, 2.24) is 5.32 Å². The van der Waals surface area contributed by atoms with Crippen molar-refractivity contribution in [2.75, 3.05) is 20.3 Å². The lowest BCUT2D eigenvalue weighted by molar-refractivity contribution is 0.170. The van der Waals surface area contributed by atoms with Gasteiger partial charge in [-0.3, -0.25) is 0 Å². The minimum Gasteiger partial charge on any atom is -0.385 e. The van der Waals surface area contributed by atoms with E-state index in [1.807, 2.05) is 0 Å². The Morgan fingerprint density at radius 2 is 2.17 bits per heavy atom. The van der Waals surface area contributed by atoms with E-state index in [0.717, 1.165) is 13.2 Å². The third-order valence-corrected chi connectivity index (χ3v) is 4.12. The molecule has 0 bridgehead atoms. The summed E-state index contributed by atoms with van der Waals surface area (Å²) in [6.45, 7) is 6.41. The standard InChI is InChI=1S/C16H25NO/c1-13-5-4-6-15(11-13)14(2)17-12-16(7-8-16)9-10-18-3/h4-6,11,14,17H,7-10,12H2,1-3H3. The second kappa shape index (κ2) is 5.85. The second-order valence-corrected chi connectivity index (χ2v) is 5.76. The highest BCUT2D eigenvalue weighted by Crippen LogP contribution is 2.48. The minimum atomic E-state index is 0.435. The summed E-state index contributed by atoms with van der Waals surface area (Å²) >= 11 is 0. The van der Waals surface area contributed by atoms with Crippen LogP contribution in [-0.4, -0.2) is 20.3 Å². The van der Waals surface area contributed by atoms with E-state index in [-0.39, 0.29) is 0 Å². The lowest BCUT2D eigenvalue weighted by Crippen LogP contribution is -2.27. The summed E-state index contributed by atoms with van der Waals surface area (Å²) in [5.41, 5.74) is 3.24. The van der Waals surface area contributed by atoms with Crippen molar-refractivity contribution in [2.24, 2.45) is 5.41 Å². The fourth-order valence-electron chi connectivity index (χ4n) is 2.44. The Morgan fingerprint density at radius 1 is 1.39 bits per heavy atom. The minimum absolute atomic E-state index is 0.435. The molecule has 0 aliphatic heterocycles. The highest BCUT2D eigenvalue weighted by molar-refractivity contribution is 5.24. The maximum atomic E-state index is 5.20. The van der Waals surface area contributed by atoms with Gasteiger partial charge in [0.25, 0.3) is 0 Å². The Balaban J connectivity index is 1.83. The second-order valence-electron chi connectivity index (χ2n) is 5.76. The first-order valence-electron chi connectivity index (χ1n) is 6.94. The SMILES string of the molecule is COCCC1(CNC(C)c2cccc(C)c2)CC1. The van der Waals surface area contributed by atoms with Crippen molar-refractivity contribution >= 4 is 0 Å². The van der Waals surface area contributed by atoms with Crippen LogP contribution >= 0.6 is 0 Å². The zero-order chi connectivity index (χ0) is 13.0. The molecule has 2 rings (SSSR count). The number of methoxy groups -OCH3 is 1. The maximum Gasteiger partial charge on any atom is 0.0468 e. The monoisotopic (exact) mass is 247 g/mol.